The second-order valence-electron chi connectivity index (χ2n) is 10.6. The molecule has 0 bridgehead atoms. The number of phenolic OH excluding ortho intramolecular Hbond substituents is 1. The second kappa shape index (κ2) is 8.67. The summed E-state index contributed by atoms with van der Waals surface area (Å²) in [6.45, 7) is 1.67. The molecule has 0 unspecified atom stereocenters. The van der Waals surface area contributed by atoms with Crippen molar-refractivity contribution >= 4 is 23.2 Å². The highest BCUT2D eigenvalue weighted by atomic mass is 16.4. The number of ketones is 2. The Balaban J connectivity index is 1.79. The molecule has 39 heavy (non-hydrogen) atoms. The number of aromatic hydroxyl groups is 1. The zero-order chi connectivity index (χ0) is 28.7. The van der Waals surface area contributed by atoms with Crippen LogP contribution in [0.25, 0.3) is 11.1 Å². The van der Waals surface area contributed by atoms with Crippen LogP contribution in [0.4, 0.5) is 5.69 Å². The highest BCUT2D eigenvalue weighted by Crippen LogP contribution is 2.56. The normalized spacial score (nSPS) is 30.3. The van der Waals surface area contributed by atoms with Gasteiger partial charge in [-0.1, -0.05) is 37.3 Å². The molecule has 0 spiro atoms. The van der Waals surface area contributed by atoms with E-state index in [9.17, 15) is 39.9 Å². The summed E-state index contributed by atoms with van der Waals surface area (Å²) in [5, 5.41) is 56.8. The Morgan fingerprint density at radius 1 is 1.08 bits per heavy atom. The van der Waals surface area contributed by atoms with Crippen molar-refractivity contribution in [3.63, 3.8) is 0 Å². The lowest BCUT2D eigenvalue weighted by Gasteiger charge is -2.53. The van der Waals surface area contributed by atoms with E-state index in [2.05, 4.69) is 0 Å². The van der Waals surface area contributed by atoms with Crippen LogP contribution in [0, 0.1) is 11.8 Å². The zero-order valence-electron chi connectivity index (χ0n) is 21.4. The monoisotopic (exact) mass is 535 g/mol. The van der Waals surface area contributed by atoms with Gasteiger partial charge in [0.1, 0.15) is 17.1 Å². The van der Waals surface area contributed by atoms with Gasteiger partial charge in [-0.25, -0.2) is 0 Å². The van der Waals surface area contributed by atoms with E-state index < -0.39 is 81.4 Å². The van der Waals surface area contributed by atoms with E-state index in [1.165, 1.54) is 19.0 Å². The summed E-state index contributed by atoms with van der Waals surface area (Å²) in [4.78, 5) is 40.8. The summed E-state index contributed by atoms with van der Waals surface area (Å²) >= 11 is 0. The SMILES string of the molecule is C[C@@H]1c2cc(-c3ccccc3)c(N)c(O)c2C(=O)C2=C(O)[C@]3(O)C(=O)C(C(N)=O)=C(O)[C@@H](N(C)C)[C@@H]3[C@@H](O)[C@H]21. The highest BCUT2D eigenvalue weighted by Gasteiger charge is 2.67. The van der Waals surface area contributed by atoms with Crippen molar-refractivity contribution in [3.8, 4) is 16.9 Å². The molecule has 2 aromatic carbocycles. The highest BCUT2D eigenvalue weighted by molar-refractivity contribution is 6.25. The van der Waals surface area contributed by atoms with Crippen molar-refractivity contribution in [2.75, 3.05) is 19.8 Å². The first kappa shape index (κ1) is 26.4. The van der Waals surface area contributed by atoms with Gasteiger partial charge in [-0.15, -0.1) is 0 Å². The maximum absolute atomic E-state index is 13.9. The molecule has 11 nitrogen and oxygen atoms in total. The van der Waals surface area contributed by atoms with Crippen LogP contribution in [0.3, 0.4) is 0 Å². The van der Waals surface area contributed by atoms with E-state index in [-0.39, 0.29) is 11.3 Å². The molecule has 2 aromatic rings. The summed E-state index contributed by atoms with van der Waals surface area (Å²) in [6, 6.07) is 9.25. The molecule has 0 radical (unpaired) electrons. The number of hydrogen-bond acceptors (Lipinski definition) is 10. The van der Waals surface area contributed by atoms with Crippen molar-refractivity contribution in [3.05, 3.63) is 70.2 Å². The van der Waals surface area contributed by atoms with E-state index in [4.69, 9.17) is 11.5 Å². The molecule has 3 aliphatic rings. The van der Waals surface area contributed by atoms with Gasteiger partial charge >= 0.3 is 0 Å². The summed E-state index contributed by atoms with van der Waals surface area (Å²) < 4.78 is 0. The van der Waals surface area contributed by atoms with Gasteiger partial charge in [-0.3, -0.25) is 19.3 Å². The van der Waals surface area contributed by atoms with Crippen molar-refractivity contribution in [2.45, 2.75) is 30.6 Å². The molecule has 0 heterocycles. The number of aliphatic hydroxyl groups is 4. The number of carbonyl (C=O) groups excluding carboxylic acids is 3. The van der Waals surface area contributed by atoms with E-state index >= 15 is 0 Å². The molecular formula is C28H29N3O8. The van der Waals surface area contributed by atoms with Crippen molar-refractivity contribution in [2.24, 2.45) is 17.6 Å². The fraction of sp³-hybridized carbons (Fsp3) is 0.321. The summed E-state index contributed by atoms with van der Waals surface area (Å²) in [5.74, 6) is -9.55. The molecule has 204 valence electrons. The minimum atomic E-state index is -2.96. The van der Waals surface area contributed by atoms with E-state index in [0.29, 0.717) is 16.7 Å². The number of rotatable bonds is 3. The van der Waals surface area contributed by atoms with Gasteiger partial charge in [-0.05, 0) is 37.2 Å². The summed E-state index contributed by atoms with van der Waals surface area (Å²) in [7, 11) is 2.97. The molecule has 3 aliphatic carbocycles. The number of benzene rings is 2. The van der Waals surface area contributed by atoms with Gasteiger partial charge in [0.15, 0.2) is 17.1 Å². The molecule has 1 amide bonds. The van der Waals surface area contributed by atoms with E-state index in [1.807, 2.05) is 6.07 Å². The fourth-order valence-corrected chi connectivity index (χ4v) is 6.56. The number of amides is 1. The molecule has 0 aliphatic heterocycles. The van der Waals surface area contributed by atoms with E-state index in [0.717, 1.165) is 0 Å². The molecule has 0 saturated heterocycles. The first-order valence-corrected chi connectivity index (χ1v) is 12.3. The van der Waals surface area contributed by atoms with Crippen LogP contribution in [-0.4, -0.2) is 79.7 Å². The fourth-order valence-electron chi connectivity index (χ4n) is 6.56. The van der Waals surface area contributed by atoms with Crippen molar-refractivity contribution in [1.29, 1.82) is 0 Å². The minimum absolute atomic E-state index is 0.0859. The molecule has 0 aromatic heterocycles. The Bertz CT molecular complexity index is 1510. The number of hydrogen-bond donors (Lipinski definition) is 7. The minimum Gasteiger partial charge on any atom is -0.510 e. The summed E-state index contributed by atoms with van der Waals surface area (Å²) in [6.07, 6.45) is -1.67. The van der Waals surface area contributed by atoms with Crippen LogP contribution in [0.15, 0.2) is 59.1 Å². The molecule has 6 atom stereocenters. The number of aliphatic hydroxyl groups excluding tert-OH is 3. The number of nitrogen functional groups attached to an aromatic ring is 1. The molecule has 0 saturated carbocycles. The Morgan fingerprint density at radius 2 is 1.69 bits per heavy atom. The Labute approximate surface area is 223 Å². The van der Waals surface area contributed by atoms with Crippen LogP contribution in [0.1, 0.15) is 28.8 Å². The molecule has 9 N–H and O–H groups in total. The lowest BCUT2D eigenvalue weighted by molar-refractivity contribution is -0.162. The predicted molar refractivity (Wildman–Crippen MR) is 140 cm³/mol. The number of Topliss-reactive ketones (excluding diaryl/α,β-unsaturated/α-hetero) is 2. The van der Waals surface area contributed by atoms with Gasteiger partial charge in [0.25, 0.3) is 5.91 Å². The average molecular weight is 536 g/mol. The largest absolute Gasteiger partial charge is 0.510 e. The summed E-state index contributed by atoms with van der Waals surface area (Å²) in [5.41, 5.74) is 8.32. The lowest BCUT2D eigenvalue weighted by atomic mass is 9.55. The lowest BCUT2D eigenvalue weighted by Crippen LogP contribution is -2.68. The van der Waals surface area contributed by atoms with Gasteiger partial charge < -0.3 is 37.0 Å². The van der Waals surface area contributed by atoms with Crippen molar-refractivity contribution < 1.29 is 39.9 Å². The first-order chi connectivity index (χ1) is 18.3. The Hall–Kier alpha value is -4.19. The molecular weight excluding hydrogens is 506 g/mol. The molecule has 5 rings (SSSR count). The van der Waals surface area contributed by atoms with E-state index in [1.54, 1.807) is 37.3 Å². The third-order valence-electron chi connectivity index (χ3n) is 8.38. The number of likely N-dealkylation sites (N-methyl/N-ethyl adjacent to an activating group) is 1. The number of carbonyl (C=O) groups is 3. The van der Waals surface area contributed by atoms with Gasteiger partial charge in [0.05, 0.1) is 29.3 Å². The van der Waals surface area contributed by atoms with Crippen LogP contribution < -0.4 is 11.5 Å². The van der Waals surface area contributed by atoms with Gasteiger partial charge in [0.2, 0.25) is 5.78 Å². The molecule has 11 heteroatoms. The standard InChI is InChI=1S/C28H29N3O8/c1-10-12-9-13(11-7-5-4-6-8-11)19(29)23(34)15(12)21(32)16-14(10)22(33)18-20(31(2)3)24(35)17(27(30)38)26(37)28(18,39)25(16)36/h4-10,14,18,20,22,33-36,39H,29H2,1-3H3,(H2,30,38)/t10-,14+,18-,20+,22+,28+/m1/s1. The maximum Gasteiger partial charge on any atom is 0.255 e. The number of nitrogens with two attached hydrogens (primary N) is 2. The predicted octanol–water partition coefficient (Wildman–Crippen LogP) is 0.902. The van der Waals surface area contributed by atoms with Gasteiger partial charge in [0, 0.05) is 17.1 Å². The Kier molecular flexibility index (Phi) is 5.87. The number of fused-ring (bicyclic) bond motifs is 3. The van der Waals surface area contributed by atoms with Crippen molar-refractivity contribution in [1.82, 2.24) is 4.90 Å². The maximum atomic E-state index is 13.9. The topological polar surface area (TPSA) is 208 Å². The van der Waals surface area contributed by atoms with Crippen LogP contribution in [0.2, 0.25) is 0 Å². The number of primary amides is 1. The first-order valence-electron chi connectivity index (χ1n) is 12.3. The smallest absolute Gasteiger partial charge is 0.255 e. The van der Waals surface area contributed by atoms with Crippen LogP contribution in [0.5, 0.6) is 5.75 Å². The average Bonchev–Trinajstić information content (AvgIpc) is 2.88. The van der Waals surface area contributed by atoms with Gasteiger partial charge in [-0.2, -0.15) is 0 Å². The quantitative estimate of drug-likeness (QED) is 0.168. The number of phenols is 1. The second-order valence-corrected chi connectivity index (χ2v) is 10.6. The van der Waals surface area contributed by atoms with Crippen LogP contribution >= 0.6 is 0 Å². The Morgan fingerprint density at radius 3 is 2.26 bits per heavy atom. The number of anilines is 1. The number of nitrogens with zero attached hydrogens (tertiary/aromatic N) is 1. The van der Waals surface area contributed by atoms with Crippen LogP contribution in [-0.2, 0) is 9.59 Å². The molecule has 0 fully saturated rings. The third-order valence-corrected chi connectivity index (χ3v) is 8.38. The third kappa shape index (κ3) is 3.30. The zero-order valence-corrected chi connectivity index (χ0v) is 21.4.